The van der Waals surface area contributed by atoms with Crippen LogP contribution in [0.3, 0.4) is 0 Å². The van der Waals surface area contributed by atoms with Crippen LogP contribution < -0.4 is 0 Å². The Kier molecular flexibility index (Phi) is 7.61. The lowest BCUT2D eigenvalue weighted by molar-refractivity contribution is 0.308. The normalized spacial score (nSPS) is 30.8. The highest BCUT2D eigenvalue weighted by atomic mass is 32.2. The van der Waals surface area contributed by atoms with E-state index in [-0.39, 0.29) is 4.90 Å². The molecular weight excluding hydrogens is 426 g/mol. The van der Waals surface area contributed by atoms with Crippen molar-refractivity contribution < 1.29 is 12.6 Å². The van der Waals surface area contributed by atoms with Gasteiger partial charge in [-0.25, -0.2) is 0 Å². The van der Waals surface area contributed by atoms with Crippen molar-refractivity contribution >= 4 is 23.5 Å². The molecule has 0 spiro atoms. The van der Waals surface area contributed by atoms with Crippen molar-refractivity contribution in [1.82, 2.24) is 0 Å². The van der Waals surface area contributed by atoms with E-state index in [4.69, 9.17) is 4.18 Å². The molecule has 0 atom stereocenters. The minimum absolute atomic E-state index is 0.285. The Morgan fingerprint density at radius 2 is 1.21 bits per heavy atom. The fourth-order valence-corrected chi connectivity index (χ4v) is 9.70. The topological polar surface area (TPSA) is 43.4 Å². The molecular formula is C27H42B2O3S. The summed E-state index contributed by atoms with van der Waals surface area (Å²) in [7, 11) is -3.65. The summed E-state index contributed by atoms with van der Waals surface area (Å²) in [5.74, 6) is 3.73. The van der Waals surface area contributed by atoms with E-state index in [2.05, 4.69) is 0 Å². The van der Waals surface area contributed by atoms with Crippen LogP contribution >= 0.6 is 0 Å². The zero-order valence-corrected chi connectivity index (χ0v) is 21.4. The van der Waals surface area contributed by atoms with E-state index in [9.17, 15) is 8.42 Å². The summed E-state index contributed by atoms with van der Waals surface area (Å²) in [6.07, 6.45) is 19.3. The van der Waals surface area contributed by atoms with Crippen molar-refractivity contribution in [2.24, 2.45) is 0 Å². The Hall–Kier alpha value is -0.740. The third-order valence-corrected chi connectivity index (χ3v) is 11.3. The zero-order valence-electron chi connectivity index (χ0n) is 20.6. The molecule has 5 rings (SSSR count). The Morgan fingerprint density at radius 3 is 1.64 bits per heavy atom. The van der Waals surface area contributed by atoms with Gasteiger partial charge in [-0.1, -0.05) is 130 Å². The summed E-state index contributed by atoms with van der Waals surface area (Å²) in [6, 6.07) is 7.02. The molecule has 0 aliphatic carbocycles. The maximum Gasteiger partial charge on any atom is 0.296 e. The van der Waals surface area contributed by atoms with Crippen molar-refractivity contribution in [3.8, 4) is 0 Å². The first-order chi connectivity index (χ1) is 16.0. The largest absolute Gasteiger partial charge is 0.296 e. The molecule has 1 aromatic rings. The minimum atomic E-state index is -3.65. The molecule has 0 N–H and O–H groups in total. The van der Waals surface area contributed by atoms with Crippen LogP contribution in [-0.2, 0) is 14.3 Å². The molecule has 0 unspecified atom stereocenters. The van der Waals surface area contributed by atoms with Crippen LogP contribution in [0.1, 0.15) is 95.5 Å². The molecule has 4 aliphatic rings. The maximum absolute atomic E-state index is 12.7. The van der Waals surface area contributed by atoms with Gasteiger partial charge in [-0.15, -0.1) is 0 Å². The monoisotopic (exact) mass is 468 g/mol. The average Bonchev–Trinajstić information content (AvgIpc) is 2.78. The molecule has 0 amide bonds. The fourth-order valence-electron chi connectivity index (χ4n) is 8.76. The van der Waals surface area contributed by atoms with Gasteiger partial charge in [0, 0.05) is 0 Å². The highest BCUT2D eigenvalue weighted by Crippen LogP contribution is 2.58. The summed E-state index contributed by atoms with van der Waals surface area (Å²) in [4.78, 5) is 0.285. The van der Waals surface area contributed by atoms with Crippen LogP contribution in [0.15, 0.2) is 29.2 Å². The number of hydrogen-bond acceptors (Lipinski definition) is 3. The van der Waals surface area contributed by atoms with Crippen LogP contribution in [0, 0.1) is 6.92 Å². The van der Waals surface area contributed by atoms with Crippen molar-refractivity contribution in [1.29, 1.82) is 0 Å². The van der Waals surface area contributed by atoms with E-state index in [1.54, 1.807) is 12.1 Å². The lowest BCUT2D eigenvalue weighted by atomic mass is 9.06. The Labute approximate surface area is 203 Å². The first-order valence-corrected chi connectivity index (χ1v) is 15.4. The SMILES string of the molecule is Cc1ccc(S(=O)(=O)OCCCC(B2C3CCCC2CCC3)B2C3CCCC2CCC3)cc1. The smallest absolute Gasteiger partial charge is 0.266 e. The number of hydrogen-bond donors (Lipinski definition) is 0. The van der Waals surface area contributed by atoms with Gasteiger partial charge in [-0.2, -0.15) is 8.42 Å². The predicted octanol–water partition coefficient (Wildman–Crippen LogP) is 7.60. The Bertz CT molecular complexity index is 811. The molecule has 4 saturated heterocycles. The van der Waals surface area contributed by atoms with E-state index in [1.165, 1.54) is 83.5 Å². The second kappa shape index (κ2) is 10.5. The second-order valence-corrected chi connectivity index (χ2v) is 13.4. The molecule has 1 aromatic carbocycles. The third-order valence-electron chi connectivity index (χ3n) is 10.00. The maximum atomic E-state index is 12.7. The van der Waals surface area contributed by atoms with E-state index in [0.29, 0.717) is 6.61 Å². The highest BCUT2D eigenvalue weighted by Gasteiger charge is 2.51. The standard InChI is InChI=1S/C27H42B2O3S/c1-21-16-18-26(19-17-21)33(30,31)32-20-6-15-27(28-22-7-2-8-23(28)10-3-9-22)29-24-11-4-12-25(29)14-5-13-24/h16-19,22-25,27H,2-15,20H2,1H3. The van der Waals surface area contributed by atoms with Gasteiger partial charge in [0.1, 0.15) is 13.4 Å². The van der Waals surface area contributed by atoms with Crippen molar-refractivity contribution in [2.75, 3.05) is 6.61 Å². The third kappa shape index (κ3) is 5.27. The number of fused-ring (bicyclic) bond motifs is 4. The zero-order chi connectivity index (χ0) is 22.8. The van der Waals surface area contributed by atoms with Crippen LogP contribution in [0.2, 0.25) is 29.0 Å². The molecule has 180 valence electrons. The molecule has 4 fully saturated rings. The average molecular weight is 468 g/mol. The van der Waals surface area contributed by atoms with E-state index < -0.39 is 10.1 Å². The quantitative estimate of drug-likeness (QED) is 0.224. The van der Waals surface area contributed by atoms with Gasteiger partial charge in [0.25, 0.3) is 10.1 Å². The van der Waals surface area contributed by atoms with Gasteiger partial charge in [-0.05, 0) is 25.5 Å². The van der Waals surface area contributed by atoms with Gasteiger partial charge in [-0.3, -0.25) is 4.18 Å². The molecule has 4 aliphatic heterocycles. The van der Waals surface area contributed by atoms with Gasteiger partial charge in [0.15, 0.2) is 0 Å². The highest BCUT2D eigenvalue weighted by molar-refractivity contribution is 7.86. The van der Waals surface area contributed by atoms with E-state index in [1.807, 2.05) is 19.1 Å². The summed E-state index contributed by atoms with van der Waals surface area (Å²) >= 11 is 0. The lowest BCUT2D eigenvalue weighted by Crippen LogP contribution is -2.49. The summed E-state index contributed by atoms with van der Waals surface area (Å²) in [6.45, 7) is 4.09. The van der Waals surface area contributed by atoms with Crippen LogP contribution in [0.25, 0.3) is 0 Å². The van der Waals surface area contributed by atoms with Crippen molar-refractivity contribution in [2.45, 2.75) is 131 Å². The van der Waals surface area contributed by atoms with Crippen LogP contribution in [-0.4, -0.2) is 28.5 Å². The van der Waals surface area contributed by atoms with E-state index >= 15 is 0 Å². The number of aryl methyl sites for hydroxylation is 1. The predicted molar refractivity (Wildman–Crippen MR) is 139 cm³/mol. The molecule has 4 heterocycles. The molecule has 4 bridgehead atoms. The molecule has 3 nitrogen and oxygen atoms in total. The Morgan fingerprint density at radius 1 is 0.788 bits per heavy atom. The molecule has 0 saturated carbocycles. The minimum Gasteiger partial charge on any atom is -0.266 e. The van der Waals surface area contributed by atoms with Crippen LogP contribution in [0.5, 0.6) is 0 Å². The van der Waals surface area contributed by atoms with Gasteiger partial charge < -0.3 is 0 Å². The first-order valence-electron chi connectivity index (χ1n) is 14.0. The summed E-state index contributed by atoms with van der Waals surface area (Å²) < 4.78 is 30.9. The Balaban J connectivity index is 1.28. The molecule has 0 aromatic heterocycles. The number of rotatable bonds is 8. The van der Waals surface area contributed by atoms with Crippen molar-refractivity contribution in [3.63, 3.8) is 0 Å². The van der Waals surface area contributed by atoms with Gasteiger partial charge >= 0.3 is 0 Å². The summed E-state index contributed by atoms with van der Waals surface area (Å²) in [5.41, 5.74) is 1.86. The number of benzene rings is 1. The van der Waals surface area contributed by atoms with Gasteiger partial charge in [0.2, 0.25) is 0 Å². The van der Waals surface area contributed by atoms with Gasteiger partial charge in [0.05, 0.1) is 11.5 Å². The van der Waals surface area contributed by atoms with E-state index in [0.717, 1.165) is 54.4 Å². The molecule has 33 heavy (non-hydrogen) atoms. The fraction of sp³-hybridized carbons (Fsp3) is 0.778. The first kappa shape index (κ1) is 24.0. The molecule has 6 heteroatoms. The van der Waals surface area contributed by atoms with Crippen LogP contribution in [0.4, 0.5) is 0 Å². The molecule has 0 radical (unpaired) electrons. The van der Waals surface area contributed by atoms with Crippen molar-refractivity contribution in [3.05, 3.63) is 29.8 Å². The lowest BCUT2D eigenvalue weighted by Gasteiger charge is -2.51. The second-order valence-electron chi connectivity index (χ2n) is 11.8. The summed E-state index contributed by atoms with van der Waals surface area (Å²) in [5, 5.41) is 0.